The van der Waals surface area contributed by atoms with Gasteiger partial charge in [-0.05, 0) is 33.4 Å². The summed E-state index contributed by atoms with van der Waals surface area (Å²) in [7, 11) is -1.35. The Balaban J connectivity index is 2.44. The van der Waals surface area contributed by atoms with Crippen LogP contribution in [0.15, 0.2) is 0 Å². The van der Waals surface area contributed by atoms with Gasteiger partial charge in [0.1, 0.15) is 0 Å². The number of rotatable bonds is 12. The van der Waals surface area contributed by atoms with Gasteiger partial charge in [0, 0.05) is 20.0 Å². The number of hydrogen-bond donors (Lipinski definition) is 3. The Labute approximate surface area is 180 Å². The first-order chi connectivity index (χ1) is 14.3. The molecule has 31 heavy (non-hydrogen) atoms. The molecule has 1 fully saturated rings. The first-order valence-electron chi connectivity index (χ1n) is 9.57. The molecule has 3 N–H and O–H groups in total. The standard InChI is InChI=1S/C17H28N4O9S/c1-11(22)18-8-5-4-6-12(20(2)3)16(25)19-9-7-15(24)30-21-14(23)10-13(17(21)26)31(27,28)29/h12-13H,4-10H2,1-3H3,(H,18,22)(H,19,25)(H,27,28,29)/i1+1,8+1,11+1,19+1. The number of hydrogen-bond acceptors (Lipinski definition) is 9. The molecule has 0 aromatic heterocycles. The van der Waals surface area contributed by atoms with E-state index >= 15 is 0 Å². The van der Waals surface area contributed by atoms with E-state index in [-0.39, 0.29) is 29.8 Å². The molecule has 0 radical (unpaired) electrons. The lowest BCUT2D eigenvalue weighted by Gasteiger charge is -2.23. The Morgan fingerprint density at radius 1 is 1.19 bits per heavy atom. The molecule has 0 saturated carbocycles. The minimum absolute atomic E-state index is 0.0142. The van der Waals surface area contributed by atoms with Crippen LogP contribution in [-0.2, 0) is 38.9 Å². The van der Waals surface area contributed by atoms with Crippen molar-refractivity contribution in [3.05, 3.63) is 0 Å². The normalized spacial score (nSPS) is 17.6. The molecule has 0 aromatic carbocycles. The SMILES string of the molecule is CN(C)C(CCC[13CH2]N[13C]([13CH3])=O)C(=O)[15NH]CCC(=O)ON1C(=O)CC(S(=O)(=O)O)C1=O. The highest BCUT2D eigenvalue weighted by Gasteiger charge is 2.48. The Morgan fingerprint density at radius 2 is 1.84 bits per heavy atom. The number of nitrogens with zero attached hydrogens (tertiary/aromatic N) is 2. The minimum Gasteiger partial charge on any atom is -0.356 e. The fraction of sp³-hybridized carbons (Fsp3) is 0.706. The van der Waals surface area contributed by atoms with Crippen LogP contribution in [-0.4, -0.2) is 91.0 Å². The molecule has 0 aromatic rings. The lowest BCUT2D eigenvalue weighted by molar-refractivity contribution is -0.197. The second-order valence-electron chi connectivity index (χ2n) is 7.20. The molecule has 2 unspecified atom stereocenters. The van der Waals surface area contributed by atoms with Crippen molar-refractivity contribution >= 4 is 39.7 Å². The van der Waals surface area contributed by atoms with Gasteiger partial charge in [-0.1, -0.05) is 0 Å². The third-order valence-corrected chi connectivity index (χ3v) is 5.53. The molecular weight excluding hydrogens is 440 g/mol. The van der Waals surface area contributed by atoms with Crippen molar-refractivity contribution in [3.8, 4) is 0 Å². The van der Waals surface area contributed by atoms with Crippen LogP contribution in [0.3, 0.4) is 0 Å². The van der Waals surface area contributed by atoms with Crippen molar-refractivity contribution in [1.29, 1.82) is 0 Å². The lowest BCUT2D eigenvalue weighted by Crippen LogP contribution is -2.44. The van der Waals surface area contributed by atoms with Crippen molar-refractivity contribution in [2.24, 2.45) is 0 Å². The number of carbonyl (C=O) groups excluding carboxylic acids is 5. The van der Waals surface area contributed by atoms with E-state index < -0.39 is 45.6 Å². The van der Waals surface area contributed by atoms with Crippen molar-refractivity contribution in [2.45, 2.75) is 50.3 Å². The second kappa shape index (κ2) is 11.7. The van der Waals surface area contributed by atoms with Crippen LogP contribution in [0, 0.1) is 0 Å². The maximum Gasteiger partial charge on any atom is 0.334 e. The van der Waals surface area contributed by atoms with E-state index in [9.17, 15) is 32.4 Å². The van der Waals surface area contributed by atoms with Crippen LogP contribution < -0.4 is 10.6 Å². The van der Waals surface area contributed by atoms with Gasteiger partial charge in [0.05, 0.1) is 18.9 Å². The Hall–Kier alpha value is -2.58. The first-order valence-corrected chi connectivity index (χ1v) is 11.1. The predicted molar refractivity (Wildman–Crippen MR) is 106 cm³/mol. The highest BCUT2D eigenvalue weighted by molar-refractivity contribution is 7.87. The number of hydroxylamine groups is 2. The monoisotopic (exact) mass is 468 g/mol. The summed E-state index contributed by atoms with van der Waals surface area (Å²) in [6.45, 7) is 1.80. The molecule has 1 aliphatic rings. The van der Waals surface area contributed by atoms with Crippen LogP contribution in [0.2, 0.25) is 0 Å². The maximum absolute atomic E-state index is 12.4. The maximum atomic E-state index is 12.4. The number of carbonyl (C=O) groups is 5. The number of likely N-dealkylation sites (N-methyl/N-ethyl adjacent to an activating group) is 1. The third kappa shape index (κ3) is 8.59. The van der Waals surface area contributed by atoms with Crippen LogP contribution in [0.5, 0.6) is 0 Å². The molecule has 4 amide bonds. The molecule has 0 spiro atoms. The summed E-state index contributed by atoms with van der Waals surface area (Å²) in [5, 5.41) is 3.24. The second-order valence-corrected chi connectivity index (χ2v) is 8.80. The summed E-state index contributed by atoms with van der Waals surface area (Å²) in [5.74, 6) is -3.92. The Bertz CT molecular complexity index is 812. The molecular formula is C17H28N4O9S. The lowest BCUT2D eigenvalue weighted by atomic mass is 10.1. The highest BCUT2D eigenvalue weighted by Crippen LogP contribution is 2.19. The zero-order valence-corrected chi connectivity index (χ0v) is 18.4. The quantitative estimate of drug-likeness (QED) is 0.0972. The van der Waals surface area contributed by atoms with Crippen molar-refractivity contribution in [3.63, 3.8) is 0 Å². The summed E-state index contributed by atoms with van der Waals surface area (Å²) < 4.78 is 31.1. The molecule has 1 heterocycles. The predicted octanol–water partition coefficient (Wildman–Crippen LogP) is -1.80. The molecule has 176 valence electrons. The summed E-state index contributed by atoms with van der Waals surface area (Å²) in [6.07, 6.45) is 0.714. The topological polar surface area (TPSA) is 179 Å². The van der Waals surface area contributed by atoms with Crippen molar-refractivity contribution in [2.75, 3.05) is 27.2 Å². The van der Waals surface area contributed by atoms with Gasteiger partial charge < -0.3 is 15.5 Å². The van der Waals surface area contributed by atoms with E-state index in [0.29, 0.717) is 25.8 Å². The molecule has 13 nitrogen and oxygen atoms in total. The average Bonchev–Trinajstić information content (AvgIpc) is 2.92. The van der Waals surface area contributed by atoms with E-state index in [4.69, 9.17) is 4.55 Å². The van der Waals surface area contributed by atoms with Crippen LogP contribution in [0.4, 0.5) is 0 Å². The number of amides is 4. The summed E-state index contributed by atoms with van der Waals surface area (Å²) >= 11 is 0. The van der Waals surface area contributed by atoms with Gasteiger partial charge in [0.2, 0.25) is 11.8 Å². The van der Waals surface area contributed by atoms with Crippen molar-refractivity contribution in [1.82, 2.24) is 20.6 Å². The zero-order chi connectivity index (χ0) is 23.8. The van der Waals surface area contributed by atoms with Crippen LogP contribution in [0.1, 0.15) is 39.0 Å². The summed E-state index contributed by atoms with van der Waals surface area (Å²) in [6, 6.07) is -0.467. The van der Waals surface area contributed by atoms with Gasteiger partial charge in [-0.2, -0.15) is 8.42 Å². The van der Waals surface area contributed by atoms with Crippen LogP contribution >= 0.6 is 0 Å². The Morgan fingerprint density at radius 3 is 2.35 bits per heavy atom. The van der Waals surface area contributed by atoms with E-state index in [1.165, 1.54) is 6.92 Å². The van der Waals surface area contributed by atoms with E-state index in [0.717, 1.165) is 0 Å². The number of nitrogens with one attached hydrogen (secondary N) is 2. The fourth-order valence-corrected chi connectivity index (χ4v) is 3.52. The first kappa shape index (κ1) is 26.5. The van der Waals surface area contributed by atoms with Gasteiger partial charge in [-0.3, -0.25) is 28.6 Å². The molecule has 1 rings (SSSR count). The third-order valence-electron chi connectivity index (χ3n) is 4.45. The molecule has 0 bridgehead atoms. The number of imide groups is 1. The van der Waals surface area contributed by atoms with Gasteiger partial charge in [-0.15, -0.1) is 5.06 Å². The van der Waals surface area contributed by atoms with E-state index in [2.05, 4.69) is 15.5 Å². The fourth-order valence-electron chi connectivity index (χ4n) is 2.82. The smallest absolute Gasteiger partial charge is 0.334 e. The molecule has 14 heteroatoms. The minimum atomic E-state index is -4.80. The molecule has 0 aliphatic carbocycles. The van der Waals surface area contributed by atoms with Crippen LogP contribution in [0.25, 0.3) is 0 Å². The van der Waals surface area contributed by atoms with E-state index in [1.807, 2.05) is 0 Å². The van der Waals surface area contributed by atoms with Gasteiger partial charge in [-0.25, -0.2) is 4.79 Å². The summed E-state index contributed by atoms with van der Waals surface area (Å²) in [4.78, 5) is 64.8. The largest absolute Gasteiger partial charge is 0.356 e. The average molecular weight is 468 g/mol. The number of unbranched alkanes of at least 4 members (excludes halogenated alkanes) is 1. The van der Waals surface area contributed by atoms with Crippen molar-refractivity contribution < 1.29 is 41.8 Å². The molecule has 2 atom stereocenters. The molecule has 1 saturated heterocycles. The zero-order valence-electron chi connectivity index (χ0n) is 17.6. The molecule has 1 aliphatic heterocycles. The van der Waals surface area contributed by atoms with E-state index in [1.54, 1.807) is 19.0 Å². The van der Waals surface area contributed by atoms with Gasteiger partial charge in [0.15, 0.2) is 5.25 Å². The summed E-state index contributed by atoms with van der Waals surface area (Å²) in [5.41, 5.74) is 0. The van der Waals surface area contributed by atoms with Gasteiger partial charge in [0.25, 0.3) is 21.9 Å². The Kier molecular flexibility index (Phi) is 10.00. The highest BCUT2D eigenvalue weighted by atomic mass is 32.2. The van der Waals surface area contributed by atoms with Gasteiger partial charge >= 0.3 is 5.97 Å².